The summed E-state index contributed by atoms with van der Waals surface area (Å²) in [6, 6.07) is 6.92. The fraction of sp³-hybridized carbons (Fsp3) is 0.267. The summed E-state index contributed by atoms with van der Waals surface area (Å²) in [5, 5.41) is 0. The standard InChI is InChI=1S/C15H14N2O3/c1-8(2)17-12-9-6-4-5-7-10(9)13(18)14(19)11(12)15(20)16(17)3/h4-8H,1-3H3. The van der Waals surface area contributed by atoms with E-state index < -0.39 is 17.1 Å². The van der Waals surface area contributed by atoms with Crippen molar-refractivity contribution in [1.29, 1.82) is 0 Å². The molecule has 1 aromatic heterocycles. The van der Waals surface area contributed by atoms with Crippen molar-refractivity contribution in [3.8, 4) is 11.3 Å². The van der Waals surface area contributed by atoms with Crippen LogP contribution in [0, 0.1) is 0 Å². The third-order valence-corrected chi connectivity index (χ3v) is 3.65. The minimum atomic E-state index is -0.710. The molecule has 0 amide bonds. The van der Waals surface area contributed by atoms with E-state index in [9.17, 15) is 14.4 Å². The highest BCUT2D eigenvalue weighted by atomic mass is 16.2. The molecule has 1 aliphatic rings. The molecule has 0 saturated heterocycles. The van der Waals surface area contributed by atoms with E-state index in [-0.39, 0.29) is 11.6 Å². The topological polar surface area (TPSA) is 61.1 Å². The maximum atomic E-state index is 12.3. The Bertz CT molecular complexity index is 809. The van der Waals surface area contributed by atoms with Crippen LogP contribution >= 0.6 is 0 Å². The smallest absolute Gasteiger partial charge is 0.278 e. The second-order valence-electron chi connectivity index (χ2n) is 5.19. The second-order valence-corrected chi connectivity index (χ2v) is 5.19. The van der Waals surface area contributed by atoms with E-state index in [0.29, 0.717) is 16.8 Å². The van der Waals surface area contributed by atoms with Crippen LogP contribution in [-0.4, -0.2) is 20.9 Å². The molecular weight excluding hydrogens is 256 g/mol. The summed E-state index contributed by atoms with van der Waals surface area (Å²) >= 11 is 0. The first-order valence-corrected chi connectivity index (χ1v) is 6.45. The highest BCUT2D eigenvalue weighted by Crippen LogP contribution is 2.33. The van der Waals surface area contributed by atoms with Crippen molar-refractivity contribution in [3.63, 3.8) is 0 Å². The van der Waals surface area contributed by atoms with Crippen molar-refractivity contribution >= 4 is 11.6 Å². The maximum Gasteiger partial charge on any atom is 0.278 e. The molecule has 0 unspecified atom stereocenters. The van der Waals surface area contributed by atoms with E-state index in [4.69, 9.17) is 0 Å². The van der Waals surface area contributed by atoms with Crippen LogP contribution in [0.3, 0.4) is 0 Å². The number of Topliss-reactive ketones (excluding diaryl/α,β-unsaturated/α-hetero) is 2. The van der Waals surface area contributed by atoms with Gasteiger partial charge < -0.3 is 0 Å². The predicted molar refractivity (Wildman–Crippen MR) is 74.2 cm³/mol. The van der Waals surface area contributed by atoms with E-state index in [1.165, 1.54) is 4.68 Å². The number of benzene rings is 1. The van der Waals surface area contributed by atoms with Gasteiger partial charge >= 0.3 is 0 Å². The number of carbonyl (C=O) groups is 2. The first kappa shape index (κ1) is 12.6. The van der Waals surface area contributed by atoms with E-state index in [1.807, 2.05) is 13.8 Å². The van der Waals surface area contributed by atoms with Crippen molar-refractivity contribution in [3.05, 3.63) is 45.7 Å². The molecule has 0 N–H and O–H groups in total. The van der Waals surface area contributed by atoms with Crippen LogP contribution in [-0.2, 0) is 7.05 Å². The van der Waals surface area contributed by atoms with E-state index in [1.54, 1.807) is 36.0 Å². The lowest BCUT2D eigenvalue weighted by atomic mass is 9.88. The number of ketones is 2. The molecule has 20 heavy (non-hydrogen) atoms. The number of hydrogen-bond acceptors (Lipinski definition) is 3. The van der Waals surface area contributed by atoms with Crippen LogP contribution in [0.2, 0.25) is 0 Å². The Morgan fingerprint density at radius 1 is 0.950 bits per heavy atom. The lowest BCUT2D eigenvalue weighted by Crippen LogP contribution is -2.27. The summed E-state index contributed by atoms with van der Waals surface area (Å²) in [4.78, 5) is 36.6. The van der Waals surface area contributed by atoms with Gasteiger partial charge in [0.05, 0.1) is 5.69 Å². The molecule has 2 aromatic rings. The molecule has 0 fully saturated rings. The highest BCUT2D eigenvalue weighted by Gasteiger charge is 2.37. The third-order valence-electron chi connectivity index (χ3n) is 3.65. The van der Waals surface area contributed by atoms with Gasteiger partial charge in [-0.2, -0.15) is 0 Å². The second kappa shape index (κ2) is 4.03. The lowest BCUT2D eigenvalue weighted by Gasteiger charge is -2.20. The van der Waals surface area contributed by atoms with Gasteiger partial charge in [0.15, 0.2) is 0 Å². The number of carbonyl (C=O) groups excluding carboxylic acids is 2. The van der Waals surface area contributed by atoms with Crippen molar-refractivity contribution in [2.45, 2.75) is 19.9 Å². The molecule has 0 saturated carbocycles. The molecule has 3 rings (SSSR count). The van der Waals surface area contributed by atoms with Gasteiger partial charge in [-0.3, -0.25) is 23.7 Å². The van der Waals surface area contributed by atoms with Crippen LogP contribution in [0.5, 0.6) is 0 Å². The Morgan fingerprint density at radius 2 is 1.55 bits per heavy atom. The molecule has 5 nitrogen and oxygen atoms in total. The number of nitrogens with zero attached hydrogens (tertiary/aromatic N) is 2. The van der Waals surface area contributed by atoms with Gasteiger partial charge in [0.1, 0.15) is 5.56 Å². The summed E-state index contributed by atoms with van der Waals surface area (Å²) in [6.45, 7) is 3.87. The average molecular weight is 270 g/mol. The van der Waals surface area contributed by atoms with Gasteiger partial charge in [-0.25, -0.2) is 0 Å². The Hall–Kier alpha value is -2.43. The average Bonchev–Trinajstić information content (AvgIpc) is 2.69. The molecule has 5 heteroatoms. The fourth-order valence-electron chi connectivity index (χ4n) is 2.82. The van der Waals surface area contributed by atoms with E-state index in [0.717, 1.165) is 0 Å². The normalized spacial score (nSPS) is 13.6. The molecule has 1 aromatic carbocycles. The largest absolute Gasteiger partial charge is 0.285 e. The van der Waals surface area contributed by atoms with Gasteiger partial charge in [0.2, 0.25) is 11.6 Å². The van der Waals surface area contributed by atoms with Crippen LogP contribution in [0.15, 0.2) is 29.1 Å². The quantitative estimate of drug-likeness (QED) is 0.742. The zero-order valence-electron chi connectivity index (χ0n) is 11.5. The van der Waals surface area contributed by atoms with E-state index >= 15 is 0 Å². The number of aromatic nitrogens is 2. The van der Waals surface area contributed by atoms with E-state index in [2.05, 4.69) is 0 Å². The monoisotopic (exact) mass is 270 g/mol. The molecular formula is C15H14N2O3. The van der Waals surface area contributed by atoms with Crippen LogP contribution in [0.25, 0.3) is 11.3 Å². The van der Waals surface area contributed by atoms with Crippen molar-refractivity contribution < 1.29 is 9.59 Å². The molecule has 102 valence electrons. The summed E-state index contributed by atoms with van der Waals surface area (Å²) in [7, 11) is 1.61. The SMILES string of the molecule is CC(C)n1c2c(c(=O)n1C)C(=O)C(=O)c1ccccc1-2. The third kappa shape index (κ3) is 1.40. The summed E-state index contributed by atoms with van der Waals surface area (Å²) < 4.78 is 3.17. The molecule has 0 atom stereocenters. The Labute approximate surface area is 115 Å². The lowest BCUT2D eigenvalue weighted by molar-refractivity contribution is 0.0814. The summed E-state index contributed by atoms with van der Waals surface area (Å²) in [6.07, 6.45) is 0. The Balaban J connectivity index is 2.52. The molecule has 0 bridgehead atoms. The summed E-state index contributed by atoms with van der Waals surface area (Å²) in [5.74, 6) is -1.31. The zero-order chi connectivity index (χ0) is 14.6. The fourth-order valence-corrected chi connectivity index (χ4v) is 2.82. The number of rotatable bonds is 1. The summed E-state index contributed by atoms with van der Waals surface area (Å²) in [5.41, 5.74) is 1.14. The van der Waals surface area contributed by atoms with Gasteiger partial charge in [0.25, 0.3) is 5.56 Å². The van der Waals surface area contributed by atoms with Crippen LogP contribution < -0.4 is 5.56 Å². The van der Waals surface area contributed by atoms with Gasteiger partial charge in [0, 0.05) is 24.2 Å². The minimum Gasteiger partial charge on any atom is -0.285 e. The first-order chi connectivity index (χ1) is 9.45. The van der Waals surface area contributed by atoms with Crippen molar-refractivity contribution in [1.82, 2.24) is 9.36 Å². The van der Waals surface area contributed by atoms with Crippen LogP contribution in [0.4, 0.5) is 0 Å². The molecule has 0 radical (unpaired) electrons. The minimum absolute atomic E-state index is 0.00510. The van der Waals surface area contributed by atoms with Gasteiger partial charge in [-0.15, -0.1) is 0 Å². The maximum absolute atomic E-state index is 12.3. The van der Waals surface area contributed by atoms with Crippen molar-refractivity contribution in [2.24, 2.45) is 7.05 Å². The van der Waals surface area contributed by atoms with Gasteiger partial charge in [-0.1, -0.05) is 24.3 Å². The van der Waals surface area contributed by atoms with Gasteiger partial charge in [-0.05, 0) is 13.8 Å². The predicted octanol–water partition coefficient (Wildman–Crippen LogP) is 1.81. The molecule has 0 aliphatic heterocycles. The molecule has 1 aliphatic carbocycles. The Kier molecular flexibility index (Phi) is 2.54. The number of fused-ring (bicyclic) bond motifs is 3. The van der Waals surface area contributed by atoms with Crippen molar-refractivity contribution in [2.75, 3.05) is 0 Å². The number of hydrogen-bond donors (Lipinski definition) is 0. The molecule has 1 heterocycles. The zero-order valence-corrected chi connectivity index (χ0v) is 11.5. The molecule has 0 spiro atoms. The van der Waals surface area contributed by atoms with Crippen LogP contribution in [0.1, 0.15) is 40.6 Å². The highest BCUT2D eigenvalue weighted by molar-refractivity contribution is 6.52. The Morgan fingerprint density at radius 3 is 2.15 bits per heavy atom. The first-order valence-electron chi connectivity index (χ1n) is 6.45.